The summed E-state index contributed by atoms with van der Waals surface area (Å²) in [6.45, 7) is 2.20. The number of para-hydroxylation sites is 1. The van der Waals surface area contributed by atoms with Gasteiger partial charge in [0.25, 0.3) is 5.91 Å². The van der Waals surface area contributed by atoms with E-state index in [-0.39, 0.29) is 5.57 Å². The second-order valence-electron chi connectivity index (χ2n) is 6.79. The number of hydrogen-bond acceptors (Lipinski definition) is 3. The Hall–Kier alpha value is -2.05. The van der Waals surface area contributed by atoms with Gasteiger partial charge in [-0.2, -0.15) is 5.26 Å². The zero-order valence-corrected chi connectivity index (χ0v) is 22.0. The topological polar surface area (TPSA) is 62.1 Å². The Morgan fingerprint density at radius 2 is 1.94 bits per heavy atom. The fraction of sp³-hybridized carbons (Fsp3) is 0.0833. The van der Waals surface area contributed by atoms with Crippen molar-refractivity contribution in [1.29, 1.82) is 5.26 Å². The lowest BCUT2D eigenvalue weighted by Gasteiger charge is -2.12. The van der Waals surface area contributed by atoms with E-state index in [4.69, 9.17) is 27.9 Å². The molecule has 0 heterocycles. The van der Waals surface area contributed by atoms with Crippen molar-refractivity contribution in [2.45, 2.75) is 13.5 Å². The molecule has 0 aliphatic rings. The summed E-state index contributed by atoms with van der Waals surface area (Å²) < 4.78 is 7.47. The van der Waals surface area contributed by atoms with Crippen molar-refractivity contribution < 1.29 is 9.53 Å². The normalized spacial score (nSPS) is 11.1. The predicted octanol–water partition coefficient (Wildman–Crippen LogP) is 7.79. The summed E-state index contributed by atoms with van der Waals surface area (Å²) in [5, 5.41) is 13.2. The number of nitrogens with one attached hydrogen (secondary N) is 1. The van der Waals surface area contributed by atoms with Gasteiger partial charge in [0.1, 0.15) is 24.0 Å². The molecule has 4 nitrogen and oxygen atoms in total. The average molecular weight is 642 g/mol. The molecular weight excluding hydrogens is 626 g/mol. The summed E-state index contributed by atoms with van der Waals surface area (Å²) in [6, 6.07) is 18.3. The van der Waals surface area contributed by atoms with Crippen molar-refractivity contribution in [2.24, 2.45) is 0 Å². The molecule has 3 aromatic rings. The molecule has 1 N–H and O–H groups in total. The number of anilines is 1. The maximum atomic E-state index is 12.6. The third-order valence-electron chi connectivity index (χ3n) is 4.46. The number of carbonyl (C=O) groups excluding carboxylic acids is 1. The highest BCUT2D eigenvalue weighted by molar-refractivity contribution is 14.1. The standard InChI is InChI=1S/C24H16BrCl2IN2O2/c1-14-4-2-3-5-22(14)30-24(31)17(12-29)8-16-9-18(25)23(21(28)11-16)32-13-15-6-7-19(26)20(27)10-15/h2-11H,13H2,1H3,(H,30,31)/b17-8-. The summed E-state index contributed by atoms with van der Waals surface area (Å²) in [4.78, 5) is 12.6. The molecule has 0 fully saturated rings. The molecule has 0 aliphatic carbocycles. The first-order valence-corrected chi connectivity index (χ1v) is 12.0. The van der Waals surface area contributed by atoms with E-state index in [0.717, 1.165) is 14.7 Å². The van der Waals surface area contributed by atoms with E-state index in [1.165, 1.54) is 0 Å². The summed E-state index contributed by atoms with van der Waals surface area (Å²) in [5.74, 6) is 0.185. The molecule has 32 heavy (non-hydrogen) atoms. The first kappa shape index (κ1) is 24.6. The van der Waals surface area contributed by atoms with Crippen LogP contribution in [0.4, 0.5) is 5.69 Å². The molecule has 8 heteroatoms. The van der Waals surface area contributed by atoms with Gasteiger partial charge in [0.15, 0.2) is 0 Å². The summed E-state index contributed by atoms with van der Waals surface area (Å²) in [5.41, 5.74) is 3.16. The smallest absolute Gasteiger partial charge is 0.266 e. The Kier molecular flexibility index (Phi) is 8.60. The highest BCUT2D eigenvalue weighted by Crippen LogP contribution is 2.34. The van der Waals surface area contributed by atoms with Crippen LogP contribution in [0.25, 0.3) is 6.08 Å². The highest BCUT2D eigenvalue weighted by atomic mass is 127. The third kappa shape index (κ3) is 6.26. The molecule has 0 radical (unpaired) electrons. The lowest BCUT2D eigenvalue weighted by molar-refractivity contribution is -0.112. The zero-order valence-electron chi connectivity index (χ0n) is 16.8. The summed E-state index contributed by atoms with van der Waals surface area (Å²) in [7, 11) is 0. The molecule has 1 amide bonds. The van der Waals surface area contributed by atoms with Gasteiger partial charge in [-0.25, -0.2) is 0 Å². The Balaban J connectivity index is 1.78. The van der Waals surface area contributed by atoms with Crippen LogP contribution >= 0.6 is 61.7 Å². The number of carbonyl (C=O) groups is 1. The second-order valence-corrected chi connectivity index (χ2v) is 9.62. The fourth-order valence-corrected chi connectivity index (χ4v) is 4.89. The second kappa shape index (κ2) is 11.2. The number of nitrogens with zero attached hydrogens (tertiary/aromatic N) is 1. The van der Waals surface area contributed by atoms with Gasteiger partial charge in [-0.05, 0) is 98.5 Å². The number of amides is 1. The van der Waals surface area contributed by atoms with E-state index >= 15 is 0 Å². The highest BCUT2D eigenvalue weighted by Gasteiger charge is 2.13. The van der Waals surface area contributed by atoms with Crippen LogP contribution in [-0.4, -0.2) is 5.91 Å². The number of rotatable bonds is 6. The molecule has 0 saturated carbocycles. The van der Waals surface area contributed by atoms with E-state index < -0.39 is 5.91 Å². The van der Waals surface area contributed by atoms with Crippen molar-refractivity contribution >= 4 is 79.4 Å². The molecule has 0 bridgehead atoms. The fourth-order valence-electron chi connectivity index (χ4n) is 2.80. The van der Waals surface area contributed by atoms with E-state index in [0.29, 0.717) is 38.1 Å². The van der Waals surface area contributed by atoms with Gasteiger partial charge in [0.2, 0.25) is 0 Å². The van der Waals surface area contributed by atoms with Crippen molar-refractivity contribution in [3.63, 3.8) is 0 Å². The van der Waals surface area contributed by atoms with Crippen LogP contribution in [0.3, 0.4) is 0 Å². The Bertz CT molecular complexity index is 1230. The van der Waals surface area contributed by atoms with E-state index in [1.54, 1.807) is 30.3 Å². The number of halogens is 4. The lowest BCUT2D eigenvalue weighted by Crippen LogP contribution is -2.14. The number of ether oxygens (including phenoxy) is 1. The summed E-state index contributed by atoms with van der Waals surface area (Å²) >= 11 is 17.7. The van der Waals surface area contributed by atoms with E-state index in [9.17, 15) is 10.1 Å². The number of aryl methyl sites for hydroxylation is 1. The van der Waals surface area contributed by atoms with Crippen molar-refractivity contribution in [1.82, 2.24) is 0 Å². The van der Waals surface area contributed by atoms with Gasteiger partial charge in [0.05, 0.1) is 18.1 Å². The predicted molar refractivity (Wildman–Crippen MR) is 141 cm³/mol. The molecule has 0 aromatic heterocycles. The van der Waals surface area contributed by atoms with E-state index in [2.05, 4.69) is 43.8 Å². The number of hydrogen-bond donors (Lipinski definition) is 1. The first-order valence-electron chi connectivity index (χ1n) is 9.33. The maximum Gasteiger partial charge on any atom is 0.266 e. The van der Waals surface area contributed by atoms with Crippen molar-refractivity contribution in [3.05, 3.63) is 94.9 Å². The van der Waals surface area contributed by atoms with Crippen LogP contribution in [0, 0.1) is 21.8 Å². The van der Waals surface area contributed by atoms with Crippen LogP contribution in [0.15, 0.2) is 64.6 Å². The molecule has 162 valence electrons. The van der Waals surface area contributed by atoms with Crippen LogP contribution in [0.5, 0.6) is 5.75 Å². The lowest BCUT2D eigenvalue weighted by atomic mass is 10.1. The first-order chi connectivity index (χ1) is 15.3. The minimum absolute atomic E-state index is 0.000396. The molecule has 3 aromatic carbocycles. The van der Waals surface area contributed by atoms with Crippen molar-refractivity contribution in [3.8, 4) is 11.8 Å². The van der Waals surface area contributed by atoms with Crippen molar-refractivity contribution in [2.75, 3.05) is 5.32 Å². The van der Waals surface area contributed by atoms with Crippen LogP contribution in [0.2, 0.25) is 10.0 Å². The Morgan fingerprint density at radius 1 is 1.19 bits per heavy atom. The monoisotopic (exact) mass is 640 g/mol. The average Bonchev–Trinajstić information content (AvgIpc) is 2.75. The molecular formula is C24H16BrCl2IN2O2. The minimum atomic E-state index is -0.465. The van der Waals surface area contributed by atoms with Gasteiger partial charge in [-0.3, -0.25) is 4.79 Å². The molecule has 3 rings (SSSR count). The minimum Gasteiger partial charge on any atom is -0.487 e. The van der Waals surface area contributed by atoms with Gasteiger partial charge >= 0.3 is 0 Å². The van der Waals surface area contributed by atoms with E-state index in [1.807, 2.05) is 43.3 Å². The van der Waals surface area contributed by atoms with Crippen LogP contribution in [0.1, 0.15) is 16.7 Å². The van der Waals surface area contributed by atoms with Crippen LogP contribution < -0.4 is 10.1 Å². The summed E-state index contributed by atoms with van der Waals surface area (Å²) in [6.07, 6.45) is 1.54. The number of benzene rings is 3. The SMILES string of the molecule is Cc1ccccc1NC(=O)/C(C#N)=C\c1cc(Br)c(OCc2ccc(Cl)c(Cl)c2)c(I)c1. The van der Waals surface area contributed by atoms with Gasteiger partial charge in [-0.15, -0.1) is 0 Å². The largest absolute Gasteiger partial charge is 0.487 e. The third-order valence-corrected chi connectivity index (χ3v) is 6.59. The van der Waals surface area contributed by atoms with Gasteiger partial charge in [0, 0.05) is 5.69 Å². The zero-order chi connectivity index (χ0) is 23.3. The Morgan fingerprint density at radius 3 is 2.59 bits per heavy atom. The maximum absolute atomic E-state index is 12.6. The molecule has 0 atom stereocenters. The molecule has 0 unspecified atom stereocenters. The molecule has 0 aliphatic heterocycles. The Labute approximate surface area is 218 Å². The number of nitriles is 1. The van der Waals surface area contributed by atoms with Gasteiger partial charge in [-0.1, -0.05) is 47.5 Å². The van der Waals surface area contributed by atoms with Gasteiger partial charge < -0.3 is 10.1 Å². The molecule has 0 saturated heterocycles. The quantitative estimate of drug-likeness (QED) is 0.170. The van der Waals surface area contributed by atoms with Crippen LogP contribution in [-0.2, 0) is 11.4 Å². The molecule has 0 spiro atoms.